The Labute approximate surface area is 176 Å². The SMILES string of the molecule is C#CCN1CCCC[C@H]1C(=O)Nc1ncc(Cc2ccc(C#N)cc2C(F)(F)F)s1. The molecule has 156 valence electrons. The molecule has 0 radical (unpaired) electrons. The van der Waals surface area contributed by atoms with E-state index in [-0.39, 0.29) is 29.5 Å². The quantitative estimate of drug-likeness (QED) is 0.724. The monoisotopic (exact) mass is 432 g/mol. The standard InChI is InChI=1S/C21H19F3N4OS/c1-2-8-28-9-4-3-5-18(28)19(29)27-20-26-13-16(30-20)11-15-7-6-14(12-25)10-17(15)21(22,23)24/h1,6-7,10,13,18H,3-5,8-9,11H2,(H,26,27,29)/t18-/m0/s1. The Kier molecular flexibility index (Phi) is 6.76. The van der Waals surface area contributed by atoms with E-state index in [1.54, 1.807) is 6.07 Å². The van der Waals surface area contributed by atoms with Crippen molar-refractivity contribution in [3.05, 3.63) is 46.0 Å². The van der Waals surface area contributed by atoms with Crippen molar-refractivity contribution in [1.29, 1.82) is 5.26 Å². The molecule has 0 saturated carbocycles. The first-order valence-electron chi connectivity index (χ1n) is 9.35. The topological polar surface area (TPSA) is 69.0 Å². The average Bonchev–Trinajstić information content (AvgIpc) is 3.14. The zero-order valence-electron chi connectivity index (χ0n) is 16.0. The van der Waals surface area contributed by atoms with Crippen LogP contribution in [0.2, 0.25) is 0 Å². The van der Waals surface area contributed by atoms with E-state index in [2.05, 4.69) is 16.2 Å². The van der Waals surface area contributed by atoms with Crippen molar-refractivity contribution >= 4 is 22.4 Å². The van der Waals surface area contributed by atoms with E-state index >= 15 is 0 Å². The van der Waals surface area contributed by atoms with E-state index in [0.29, 0.717) is 23.0 Å². The van der Waals surface area contributed by atoms with Crippen molar-refractivity contribution in [3.8, 4) is 18.4 Å². The second-order valence-electron chi connectivity index (χ2n) is 6.97. The molecule has 1 aromatic heterocycles. The number of nitrogens with one attached hydrogen (secondary N) is 1. The third kappa shape index (κ3) is 5.18. The van der Waals surface area contributed by atoms with Gasteiger partial charge in [0, 0.05) is 17.5 Å². The number of terminal acetylenes is 1. The molecule has 1 N–H and O–H groups in total. The Morgan fingerprint density at radius 1 is 1.40 bits per heavy atom. The molecular formula is C21H19F3N4OS. The normalized spacial score (nSPS) is 17.2. The second-order valence-corrected chi connectivity index (χ2v) is 8.08. The van der Waals surface area contributed by atoms with Gasteiger partial charge in [-0.05, 0) is 37.1 Å². The van der Waals surface area contributed by atoms with Crippen LogP contribution in [-0.2, 0) is 17.4 Å². The molecule has 1 fully saturated rings. The third-order valence-electron chi connectivity index (χ3n) is 4.90. The predicted molar refractivity (Wildman–Crippen MR) is 108 cm³/mol. The van der Waals surface area contributed by atoms with Gasteiger partial charge < -0.3 is 5.32 Å². The number of hydrogen-bond acceptors (Lipinski definition) is 5. The van der Waals surface area contributed by atoms with E-state index in [1.807, 2.05) is 4.90 Å². The van der Waals surface area contributed by atoms with Crippen LogP contribution < -0.4 is 5.32 Å². The Bertz CT molecular complexity index is 1000. The summed E-state index contributed by atoms with van der Waals surface area (Å²) in [6.07, 6.45) is 4.89. The highest BCUT2D eigenvalue weighted by Gasteiger charge is 2.34. The fourth-order valence-electron chi connectivity index (χ4n) is 3.48. The Hall–Kier alpha value is -2.88. The van der Waals surface area contributed by atoms with Gasteiger partial charge in [0.1, 0.15) is 0 Å². The number of hydrogen-bond donors (Lipinski definition) is 1. The van der Waals surface area contributed by atoms with E-state index in [0.717, 1.165) is 36.8 Å². The summed E-state index contributed by atoms with van der Waals surface area (Å²) in [7, 11) is 0. The molecule has 0 bridgehead atoms. The lowest BCUT2D eigenvalue weighted by Gasteiger charge is -2.32. The van der Waals surface area contributed by atoms with Crippen molar-refractivity contribution in [3.63, 3.8) is 0 Å². The van der Waals surface area contributed by atoms with Crippen LogP contribution in [0.25, 0.3) is 0 Å². The maximum atomic E-state index is 13.4. The molecule has 3 rings (SSSR count). The molecule has 0 spiro atoms. The maximum absolute atomic E-state index is 13.4. The van der Waals surface area contributed by atoms with Gasteiger partial charge in [-0.15, -0.1) is 17.8 Å². The zero-order chi connectivity index (χ0) is 21.7. The first kappa shape index (κ1) is 21.8. The zero-order valence-corrected chi connectivity index (χ0v) is 16.8. The molecule has 1 aromatic carbocycles. The number of alkyl halides is 3. The van der Waals surface area contributed by atoms with E-state index in [1.165, 1.54) is 18.3 Å². The molecule has 5 nitrogen and oxygen atoms in total. The molecule has 30 heavy (non-hydrogen) atoms. The molecule has 1 atom stereocenters. The van der Waals surface area contributed by atoms with Crippen molar-refractivity contribution in [2.24, 2.45) is 0 Å². The van der Waals surface area contributed by atoms with Gasteiger partial charge in [0.2, 0.25) is 5.91 Å². The fourth-order valence-corrected chi connectivity index (χ4v) is 4.32. The van der Waals surface area contributed by atoms with Crippen molar-refractivity contribution in [2.75, 3.05) is 18.4 Å². The number of rotatable bonds is 5. The summed E-state index contributed by atoms with van der Waals surface area (Å²) in [5.41, 5.74) is -0.837. The summed E-state index contributed by atoms with van der Waals surface area (Å²) >= 11 is 1.13. The average molecular weight is 432 g/mol. The van der Waals surface area contributed by atoms with Crippen molar-refractivity contribution < 1.29 is 18.0 Å². The summed E-state index contributed by atoms with van der Waals surface area (Å²) in [5.74, 6) is 2.36. The summed E-state index contributed by atoms with van der Waals surface area (Å²) < 4.78 is 40.1. The van der Waals surface area contributed by atoms with Gasteiger partial charge in [0.25, 0.3) is 0 Å². The summed E-state index contributed by atoms with van der Waals surface area (Å²) in [4.78, 5) is 19.3. The summed E-state index contributed by atoms with van der Waals surface area (Å²) in [5, 5.41) is 12.0. The van der Waals surface area contributed by atoms with Crippen LogP contribution in [0.4, 0.5) is 18.3 Å². The number of nitrogens with zero attached hydrogens (tertiary/aromatic N) is 3. The van der Waals surface area contributed by atoms with Crippen LogP contribution in [0.5, 0.6) is 0 Å². The van der Waals surface area contributed by atoms with Gasteiger partial charge in [-0.3, -0.25) is 9.69 Å². The fraction of sp³-hybridized carbons (Fsp3) is 0.381. The largest absolute Gasteiger partial charge is 0.416 e. The van der Waals surface area contributed by atoms with Crippen LogP contribution in [0.1, 0.15) is 40.8 Å². The number of likely N-dealkylation sites (tertiary alicyclic amines) is 1. The Morgan fingerprint density at radius 2 is 2.20 bits per heavy atom. The number of thiazole rings is 1. The lowest BCUT2D eigenvalue weighted by atomic mass is 10.0. The molecule has 1 saturated heterocycles. The molecule has 0 aliphatic carbocycles. The minimum absolute atomic E-state index is 0.000730. The van der Waals surface area contributed by atoms with E-state index in [9.17, 15) is 18.0 Å². The molecule has 1 aliphatic heterocycles. The number of carbonyl (C=O) groups excluding carboxylic acids is 1. The van der Waals surface area contributed by atoms with Gasteiger partial charge in [-0.25, -0.2) is 4.98 Å². The first-order chi connectivity index (χ1) is 14.3. The molecule has 2 aromatic rings. The molecule has 2 heterocycles. The van der Waals surface area contributed by atoms with Crippen LogP contribution in [0.3, 0.4) is 0 Å². The minimum atomic E-state index is -4.56. The number of amides is 1. The lowest BCUT2D eigenvalue weighted by molar-refractivity contribution is -0.138. The molecule has 1 amide bonds. The number of halogens is 3. The summed E-state index contributed by atoms with van der Waals surface area (Å²) in [6, 6.07) is 4.90. The number of carbonyl (C=O) groups is 1. The third-order valence-corrected chi connectivity index (χ3v) is 5.82. The first-order valence-corrected chi connectivity index (χ1v) is 10.2. The van der Waals surface area contributed by atoms with Gasteiger partial charge in [0.05, 0.1) is 29.8 Å². The molecule has 0 unspecified atom stereocenters. The molecule has 1 aliphatic rings. The van der Waals surface area contributed by atoms with Crippen molar-refractivity contribution in [2.45, 2.75) is 37.9 Å². The minimum Gasteiger partial charge on any atom is -0.301 e. The second kappa shape index (κ2) is 9.29. The van der Waals surface area contributed by atoms with Crippen molar-refractivity contribution in [1.82, 2.24) is 9.88 Å². The highest BCUT2D eigenvalue weighted by molar-refractivity contribution is 7.15. The van der Waals surface area contributed by atoms with Crippen LogP contribution in [0, 0.1) is 23.7 Å². The Morgan fingerprint density at radius 3 is 2.90 bits per heavy atom. The maximum Gasteiger partial charge on any atom is 0.416 e. The molecule has 9 heteroatoms. The van der Waals surface area contributed by atoms with Crippen LogP contribution >= 0.6 is 11.3 Å². The number of piperidine rings is 1. The van der Waals surface area contributed by atoms with Gasteiger partial charge in [-0.1, -0.05) is 18.4 Å². The van der Waals surface area contributed by atoms with Gasteiger partial charge in [-0.2, -0.15) is 18.4 Å². The highest BCUT2D eigenvalue weighted by Crippen LogP contribution is 2.34. The van der Waals surface area contributed by atoms with E-state index in [4.69, 9.17) is 11.7 Å². The number of benzene rings is 1. The van der Waals surface area contributed by atoms with Gasteiger partial charge in [0.15, 0.2) is 5.13 Å². The number of aromatic nitrogens is 1. The number of anilines is 1. The number of nitriles is 1. The van der Waals surface area contributed by atoms with Crippen LogP contribution in [0.15, 0.2) is 24.4 Å². The summed E-state index contributed by atoms with van der Waals surface area (Å²) in [6.45, 7) is 1.14. The van der Waals surface area contributed by atoms with Gasteiger partial charge >= 0.3 is 6.18 Å². The smallest absolute Gasteiger partial charge is 0.301 e. The Balaban J connectivity index is 1.72. The van der Waals surface area contributed by atoms with Crippen LogP contribution in [-0.4, -0.2) is 34.9 Å². The van der Waals surface area contributed by atoms with E-state index < -0.39 is 11.7 Å². The predicted octanol–water partition coefficient (Wildman–Crippen LogP) is 4.05. The molecular weight excluding hydrogens is 413 g/mol. The highest BCUT2D eigenvalue weighted by atomic mass is 32.1. The lowest BCUT2D eigenvalue weighted by Crippen LogP contribution is -2.47.